The molecule has 0 radical (unpaired) electrons. The van der Waals surface area contributed by atoms with Crippen LogP contribution in [0.3, 0.4) is 0 Å². The number of halogens is 1. The molecule has 0 aliphatic rings. The molecule has 3 rings (SSSR count). The van der Waals surface area contributed by atoms with Crippen LogP contribution in [0, 0.1) is 17.1 Å². The Kier molecular flexibility index (Phi) is 4.25. The number of nitrogens with zero attached hydrogens (tertiary/aromatic N) is 4. The molecule has 5 nitrogen and oxygen atoms in total. The van der Waals surface area contributed by atoms with E-state index >= 15 is 0 Å². The highest BCUT2D eigenvalue weighted by atomic mass is 19.1. The monoisotopic (exact) mass is 318 g/mol. The first kappa shape index (κ1) is 15.3. The SMILES string of the molecule is N#Cc1cccc(C(=O)/C=C/c2ccc(-n3cncn3)c(F)c2)c1. The lowest BCUT2D eigenvalue weighted by Crippen LogP contribution is -1.98. The number of benzene rings is 2. The summed E-state index contributed by atoms with van der Waals surface area (Å²) in [6.07, 6.45) is 5.59. The van der Waals surface area contributed by atoms with Crippen LogP contribution in [0.15, 0.2) is 61.2 Å². The Morgan fingerprint density at radius 3 is 2.83 bits per heavy atom. The molecule has 0 spiro atoms. The Labute approximate surface area is 137 Å². The van der Waals surface area contributed by atoms with E-state index in [4.69, 9.17) is 5.26 Å². The molecule has 24 heavy (non-hydrogen) atoms. The number of rotatable bonds is 4. The van der Waals surface area contributed by atoms with Gasteiger partial charge in [0.15, 0.2) is 5.78 Å². The van der Waals surface area contributed by atoms with Crippen LogP contribution in [0.4, 0.5) is 4.39 Å². The van der Waals surface area contributed by atoms with Crippen LogP contribution in [-0.4, -0.2) is 20.5 Å². The second-order valence-electron chi connectivity index (χ2n) is 4.94. The molecule has 1 heterocycles. The van der Waals surface area contributed by atoms with Crippen LogP contribution in [0.2, 0.25) is 0 Å². The van der Waals surface area contributed by atoms with Crippen molar-refractivity contribution in [2.24, 2.45) is 0 Å². The highest BCUT2D eigenvalue weighted by Crippen LogP contribution is 2.15. The van der Waals surface area contributed by atoms with Crippen molar-refractivity contribution < 1.29 is 9.18 Å². The number of carbonyl (C=O) groups is 1. The van der Waals surface area contributed by atoms with Gasteiger partial charge >= 0.3 is 0 Å². The quantitative estimate of drug-likeness (QED) is 0.547. The average Bonchev–Trinajstić information content (AvgIpc) is 3.14. The second-order valence-corrected chi connectivity index (χ2v) is 4.94. The molecule has 0 saturated heterocycles. The molecule has 0 amide bonds. The summed E-state index contributed by atoms with van der Waals surface area (Å²) < 4.78 is 15.4. The summed E-state index contributed by atoms with van der Waals surface area (Å²) in [6.45, 7) is 0. The zero-order valence-corrected chi connectivity index (χ0v) is 12.4. The van der Waals surface area contributed by atoms with Gasteiger partial charge in [-0.05, 0) is 35.9 Å². The first-order chi connectivity index (χ1) is 11.7. The fourth-order valence-electron chi connectivity index (χ4n) is 2.16. The molecule has 3 aromatic rings. The van der Waals surface area contributed by atoms with Gasteiger partial charge in [0.25, 0.3) is 0 Å². The van der Waals surface area contributed by atoms with E-state index in [1.807, 2.05) is 6.07 Å². The maximum absolute atomic E-state index is 14.1. The third-order valence-corrected chi connectivity index (χ3v) is 3.34. The van der Waals surface area contributed by atoms with Gasteiger partial charge in [-0.3, -0.25) is 4.79 Å². The first-order valence-corrected chi connectivity index (χ1v) is 7.04. The molecule has 0 aliphatic heterocycles. The van der Waals surface area contributed by atoms with Crippen LogP contribution in [0.1, 0.15) is 21.5 Å². The van der Waals surface area contributed by atoms with Crippen molar-refractivity contribution in [1.29, 1.82) is 5.26 Å². The highest BCUT2D eigenvalue weighted by Gasteiger charge is 2.06. The van der Waals surface area contributed by atoms with Crippen LogP contribution >= 0.6 is 0 Å². The van der Waals surface area contributed by atoms with Crippen molar-refractivity contribution in [3.8, 4) is 11.8 Å². The molecule has 0 aliphatic carbocycles. The largest absolute Gasteiger partial charge is 0.289 e. The van der Waals surface area contributed by atoms with Gasteiger partial charge in [0.05, 0.1) is 11.6 Å². The third-order valence-electron chi connectivity index (χ3n) is 3.34. The Morgan fingerprint density at radius 2 is 2.12 bits per heavy atom. The number of carbonyl (C=O) groups excluding carboxylic acids is 1. The van der Waals surface area contributed by atoms with Gasteiger partial charge in [0.1, 0.15) is 24.2 Å². The maximum atomic E-state index is 14.1. The zero-order chi connectivity index (χ0) is 16.9. The fraction of sp³-hybridized carbons (Fsp3) is 0. The van der Waals surface area contributed by atoms with Crippen molar-refractivity contribution in [2.45, 2.75) is 0 Å². The Balaban J connectivity index is 1.80. The third kappa shape index (κ3) is 3.25. The fourth-order valence-corrected chi connectivity index (χ4v) is 2.16. The number of hydrogen-bond acceptors (Lipinski definition) is 4. The number of nitriles is 1. The van der Waals surface area contributed by atoms with E-state index in [0.717, 1.165) is 0 Å². The molecule has 2 aromatic carbocycles. The number of allylic oxidation sites excluding steroid dienone is 1. The molecular weight excluding hydrogens is 307 g/mol. The molecule has 0 saturated carbocycles. The Hall–Kier alpha value is -3.59. The van der Waals surface area contributed by atoms with Crippen LogP contribution in [-0.2, 0) is 0 Å². The summed E-state index contributed by atoms with van der Waals surface area (Å²) in [5.74, 6) is -0.727. The number of hydrogen-bond donors (Lipinski definition) is 0. The summed E-state index contributed by atoms with van der Waals surface area (Å²) in [6, 6.07) is 12.9. The molecule has 0 atom stereocenters. The molecule has 6 heteroatoms. The van der Waals surface area contributed by atoms with E-state index in [0.29, 0.717) is 16.7 Å². The molecule has 116 valence electrons. The highest BCUT2D eigenvalue weighted by molar-refractivity contribution is 6.07. The van der Waals surface area contributed by atoms with Gasteiger partial charge in [-0.25, -0.2) is 14.1 Å². The van der Waals surface area contributed by atoms with Crippen LogP contribution < -0.4 is 0 Å². The average molecular weight is 318 g/mol. The van der Waals surface area contributed by atoms with E-state index in [1.54, 1.807) is 30.3 Å². The summed E-state index contributed by atoms with van der Waals surface area (Å²) in [7, 11) is 0. The minimum atomic E-state index is -0.471. The van der Waals surface area contributed by atoms with Gasteiger partial charge in [0, 0.05) is 5.56 Å². The van der Waals surface area contributed by atoms with E-state index < -0.39 is 5.82 Å². The lowest BCUT2D eigenvalue weighted by molar-refractivity contribution is 0.104. The maximum Gasteiger partial charge on any atom is 0.185 e. The molecule has 1 aromatic heterocycles. The van der Waals surface area contributed by atoms with Gasteiger partial charge in [-0.15, -0.1) is 0 Å². The summed E-state index contributed by atoms with van der Waals surface area (Å²) in [5, 5.41) is 12.7. The summed E-state index contributed by atoms with van der Waals surface area (Å²) >= 11 is 0. The van der Waals surface area contributed by atoms with Crippen molar-refractivity contribution >= 4 is 11.9 Å². The predicted octanol–water partition coefficient (Wildman–Crippen LogP) is 3.17. The summed E-state index contributed by atoms with van der Waals surface area (Å²) in [5.41, 5.74) is 1.64. The minimum absolute atomic E-state index is 0.257. The van der Waals surface area contributed by atoms with Crippen LogP contribution in [0.25, 0.3) is 11.8 Å². The number of aromatic nitrogens is 3. The van der Waals surface area contributed by atoms with Crippen LogP contribution in [0.5, 0.6) is 0 Å². The zero-order valence-electron chi connectivity index (χ0n) is 12.4. The van der Waals surface area contributed by atoms with Gasteiger partial charge in [-0.2, -0.15) is 10.4 Å². The molecule has 0 N–H and O–H groups in total. The summed E-state index contributed by atoms with van der Waals surface area (Å²) in [4.78, 5) is 15.9. The normalized spacial score (nSPS) is 10.7. The van der Waals surface area contributed by atoms with Gasteiger partial charge in [0.2, 0.25) is 0 Å². The van der Waals surface area contributed by atoms with Crippen molar-refractivity contribution in [3.05, 3.63) is 83.7 Å². The Bertz CT molecular complexity index is 955. The van der Waals surface area contributed by atoms with E-state index in [1.165, 1.54) is 41.6 Å². The van der Waals surface area contributed by atoms with E-state index in [2.05, 4.69) is 10.1 Å². The van der Waals surface area contributed by atoms with Crippen molar-refractivity contribution in [2.75, 3.05) is 0 Å². The molecule has 0 fully saturated rings. The topological polar surface area (TPSA) is 71.6 Å². The van der Waals surface area contributed by atoms with Crippen molar-refractivity contribution in [3.63, 3.8) is 0 Å². The smallest absolute Gasteiger partial charge is 0.185 e. The first-order valence-electron chi connectivity index (χ1n) is 7.04. The van der Waals surface area contributed by atoms with Gasteiger partial charge < -0.3 is 0 Å². The Morgan fingerprint density at radius 1 is 1.25 bits per heavy atom. The van der Waals surface area contributed by atoms with Crippen molar-refractivity contribution in [1.82, 2.24) is 14.8 Å². The second kappa shape index (κ2) is 6.67. The van der Waals surface area contributed by atoms with E-state index in [9.17, 15) is 9.18 Å². The standard InChI is InChI=1S/C18H11FN4O/c19-16-9-13(4-6-17(16)23-12-21-11-22-23)5-7-18(24)15-3-1-2-14(8-15)10-20/h1-9,11-12H/b7-5+. The molecule has 0 unspecified atom stereocenters. The predicted molar refractivity (Wildman–Crippen MR) is 85.8 cm³/mol. The lowest BCUT2D eigenvalue weighted by Gasteiger charge is -2.03. The molecule has 0 bridgehead atoms. The van der Waals surface area contributed by atoms with E-state index in [-0.39, 0.29) is 11.5 Å². The molecular formula is C18H11FN4O. The van der Waals surface area contributed by atoms with Gasteiger partial charge in [-0.1, -0.05) is 24.3 Å². The number of ketones is 1. The lowest BCUT2D eigenvalue weighted by atomic mass is 10.1. The minimum Gasteiger partial charge on any atom is -0.289 e.